The standard InChI is InChI=1S/C23H31N5O2S/c1-17-14-24-22(28(17)16-20-9-6-5-7-10-20)13-21-11-8-12-27(15-21)31(29,30)23-18(2)25-26(4)19(23)3/h5-7,9-10,14,21H,8,11-13,15-16H2,1-4H3. The quantitative estimate of drug-likeness (QED) is 0.589. The van der Waals surface area contributed by atoms with Crippen LogP contribution in [0.3, 0.4) is 0 Å². The summed E-state index contributed by atoms with van der Waals surface area (Å²) in [5, 5.41) is 4.31. The second kappa shape index (κ2) is 8.59. The van der Waals surface area contributed by atoms with Crippen molar-refractivity contribution in [3.63, 3.8) is 0 Å². The van der Waals surface area contributed by atoms with Crippen molar-refractivity contribution in [2.45, 2.75) is 51.5 Å². The van der Waals surface area contributed by atoms with Crippen LogP contribution >= 0.6 is 0 Å². The van der Waals surface area contributed by atoms with Crippen LogP contribution in [0.1, 0.15) is 41.3 Å². The number of rotatable bonds is 6. The molecule has 0 bridgehead atoms. The minimum Gasteiger partial charge on any atom is -0.328 e. The summed E-state index contributed by atoms with van der Waals surface area (Å²) in [6.07, 6.45) is 4.56. The Hall–Kier alpha value is -2.45. The third kappa shape index (κ3) is 4.32. The van der Waals surface area contributed by atoms with Gasteiger partial charge in [0.1, 0.15) is 10.7 Å². The minimum atomic E-state index is -3.56. The van der Waals surface area contributed by atoms with Gasteiger partial charge in [-0.2, -0.15) is 9.40 Å². The molecule has 1 aliphatic heterocycles. The first-order valence-electron chi connectivity index (χ1n) is 10.8. The monoisotopic (exact) mass is 441 g/mol. The van der Waals surface area contributed by atoms with Crippen molar-refractivity contribution in [2.24, 2.45) is 13.0 Å². The number of nitrogens with zero attached hydrogens (tertiary/aromatic N) is 5. The summed E-state index contributed by atoms with van der Waals surface area (Å²) in [7, 11) is -1.77. The highest BCUT2D eigenvalue weighted by Gasteiger charge is 2.34. The minimum absolute atomic E-state index is 0.247. The smallest absolute Gasteiger partial charge is 0.246 e. The lowest BCUT2D eigenvalue weighted by atomic mass is 9.96. The number of hydrogen-bond acceptors (Lipinski definition) is 4. The molecule has 0 N–H and O–H groups in total. The highest BCUT2D eigenvalue weighted by atomic mass is 32.2. The van der Waals surface area contributed by atoms with Crippen molar-refractivity contribution < 1.29 is 8.42 Å². The number of piperidine rings is 1. The summed E-state index contributed by atoms with van der Waals surface area (Å²) in [4.78, 5) is 5.02. The van der Waals surface area contributed by atoms with Gasteiger partial charge in [-0.3, -0.25) is 4.68 Å². The molecule has 166 valence electrons. The van der Waals surface area contributed by atoms with Crippen LogP contribution in [-0.2, 0) is 30.0 Å². The number of aryl methyl sites for hydroxylation is 3. The molecule has 3 heterocycles. The highest BCUT2D eigenvalue weighted by Crippen LogP contribution is 2.29. The molecule has 0 aliphatic carbocycles. The van der Waals surface area contributed by atoms with E-state index in [1.54, 1.807) is 23.0 Å². The second-order valence-electron chi connectivity index (χ2n) is 8.59. The molecule has 1 aliphatic rings. The van der Waals surface area contributed by atoms with Crippen LogP contribution in [0.25, 0.3) is 0 Å². The zero-order valence-corrected chi connectivity index (χ0v) is 19.6. The Bertz CT molecular complexity index is 1160. The SMILES string of the molecule is Cc1nn(C)c(C)c1S(=O)(=O)N1CCCC(Cc2ncc(C)n2Cc2ccccc2)C1. The Morgan fingerprint density at radius 1 is 1.13 bits per heavy atom. The molecular weight excluding hydrogens is 410 g/mol. The van der Waals surface area contributed by atoms with Crippen molar-refractivity contribution in [2.75, 3.05) is 13.1 Å². The van der Waals surface area contributed by atoms with Crippen molar-refractivity contribution >= 4 is 10.0 Å². The lowest BCUT2D eigenvalue weighted by Crippen LogP contribution is -2.41. The Morgan fingerprint density at radius 3 is 2.55 bits per heavy atom. The molecule has 1 fully saturated rings. The van der Waals surface area contributed by atoms with E-state index < -0.39 is 10.0 Å². The van der Waals surface area contributed by atoms with Gasteiger partial charge in [0.15, 0.2) is 0 Å². The van der Waals surface area contributed by atoms with Crippen molar-refractivity contribution in [1.29, 1.82) is 0 Å². The first-order chi connectivity index (χ1) is 14.8. The molecule has 0 spiro atoms. The molecule has 4 rings (SSSR count). The first kappa shape index (κ1) is 21.8. The molecular formula is C23H31N5O2S. The van der Waals surface area contributed by atoms with E-state index in [-0.39, 0.29) is 5.92 Å². The van der Waals surface area contributed by atoms with Crippen LogP contribution in [0, 0.1) is 26.7 Å². The number of hydrogen-bond donors (Lipinski definition) is 0. The predicted octanol–water partition coefficient (Wildman–Crippen LogP) is 3.23. The van der Waals surface area contributed by atoms with Gasteiger partial charge in [0.05, 0.1) is 11.4 Å². The molecule has 1 atom stereocenters. The van der Waals surface area contributed by atoms with Gasteiger partial charge in [-0.25, -0.2) is 13.4 Å². The van der Waals surface area contributed by atoms with Crippen molar-refractivity contribution in [3.05, 3.63) is 65.0 Å². The maximum atomic E-state index is 13.4. The van der Waals surface area contributed by atoms with E-state index in [9.17, 15) is 8.42 Å². The van der Waals surface area contributed by atoms with Gasteiger partial charge in [0.25, 0.3) is 0 Å². The summed E-state index contributed by atoms with van der Waals surface area (Å²) in [6, 6.07) is 10.4. The van der Waals surface area contributed by atoms with Gasteiger partial charge < -0.3 is 4.57 Å². The maximum absolute atomic E-state index is 13.4. The average Bonchev–Trinajstić information content (AvgIpc) is 3.21. The van der Waals surface area contributed by atoms with Crippen LogP contribution in [0.4, 0.5) is 0 Å². The zero-order valence-electron chi connectivity index (χ0n) is 18.7. The van der Waals surface area contributed by atoms with E-state index >= 15 is 0 Å². The predicted molar refractivity (Wildman–Crippen MR) is 120 cm³/mol. The Kier molecular flexibility index (Phi) is 6.03. The van der Waals surface area contributed by atoms with E-state index in [4.69, 9.17) is 0 Å². The van der Waals surface area contributed by atoms with E-state index in [1.807, 2.05) is 31.3 Å². The summed E-state index contributed by atoms with van der Waals surface area (Å²) in [5.74, 6) is 1.27. The van der Waals surface area contributed by atoms with Gasteiger partial charge in [-0.05, 0) is 45.1 Å². The van der Waals surface area contributed by atoms with Crippen LogP contribution in [0.5, 0.6) is 0 Å². The fourth-order valence-electron chi connectivity index (χ4n) is 4.58. The van der Waals surface area contributed by atoms with Gasteiger partial charge >= 0.3 is 0 Å². The van der Waals surface area contributed by atoms with E-state index in [0.717, 1.165) is 37.3 Å². The fourth-order valence-corrected chi connectivity index (χ4v) is 6.54. The Labute approximate surface area is 184 Å². The zero-order chi connectivity index (χ0) is 22.2. The number of imidazole rings is 1. The van der Waals surface area contributed by atoms with Crippen molar-refractivity contribution in [3.8, 4) is 0 Å². The first-order valence-corrected chi connectivity index (χ1v) is 12.3. The van der Waals surface area contributed by atoms with Crippen LogP contribution in [0.15, 0.2) is 41.4 Å². The molecule has 1 unspecified atom stereocenters. The fraction of sp³-hybridized carbons (Fsp3) is 0.478. The van der Waals surface area contributed by atoms with E-state index in [0.29, 0.717) is 29.4 Å². The number of aromatic nitrogens is 4. The van der Waals surface area contributed by atoms with E-state index in [1.165, 1.54) is 5.56 Å². The molecule has 8 heteroatoms. The lowest BCUT2D eigenvalue weighted by molar-refractivity contribution is 0.261. The third-order valence-corrected chi connectivity index (χ3v) is 8.43. The van der Waals surface area contributed by atoms with Crippen molar-refractivity contribution in [1.82, 2.24) is 23.6 Å². The summed E-state index contributed by atoms with van der Waals surface area (Å²) < 4.78 is 32.4. The maximum Gasteiger partial charge on any atom is 0.246 e. The highest BCUT2D eigenvalue weighted by molar-refractivity contribution is 7.89. The van der Waals surface area contributed by atoms with Gasteiger partial charge in [-0.15, -0.1) is 0 Å². The molecule has 3 aromatic rings. The molecule has 1 aromatic carbocycles. The molecule has 0 radical (unpaired) electrons. The molecule has 0 saturated carbocycles. The largest absolute Gasteiger partial charge is 0.328 e. The van der Waals surface area contributed by atoms with Crippen LogP contribution < -0.4 is 0 Å². The number of sulfonamides is 1. The average molecular weight is 442 g/mol. The van der Waals surface area contributed by atoms with Gasteiger partial charge in [0.2, 0.25) is 10.0 Å². The van der Waals surface area contributed by atoms with E-state index in [2.05, 4.69) is 33.7 Å². The Balaban J connectivity index is 1.53. The van der Waals surface area contributed by atoms with Crippen LogP contribution in [-0.4, -0.2) is 45.1 Å². The third-order valence-electron chi connectivity index (χ3n) is 6.31. The van der Waals surface area contributed by atoms with Crippen LogP contribution in [0.2, 0.25) is 0 Å². The normalized spacial score (nSPS) is 17.9. The van der Waals surface area contributed by atoms with Gasteiger partial charge in [-0.1, -0.05) is 30.3 Å². The molecule has 7 nitrogen and oxygen atoms in total. The topological polar surface area (TPSA) is 73.0 Å². The lowest BCUT2D eigenvalue weighted by Gasteiger charge is -2.32. The summed E-state index contributed by atoms with van der Waals surface area (Å²) >= 11 is 0. The molecule has 0 amide bonds. The summed E-state index contributed by atoms with van der Waals surface area (Å²) in [6.45, 7) is 7.52. The van der Waals surface area contributed by atoms with Gasteiger partial charge in [0, 0.05) is 45.0 Å². The summed E-state index contributed by atoms with van der Waals surface area (Å²) in [5.41, 5.74) is 3.62. The second-order valence-corrected chi connectivity index (χ2v) is 10.5. The molecule has 2 aromatic heterocycles. The molecule has 31 heavy (non-hydrogen) atoms. The molecule has 1 saturated heterocycles. The Morgan fingerprint density at radius 2 is 1.87 bits per heavy atom. The number of benzene rings is 1.